The summed E-state index contributed by atoms with van der Waals surface area (Å²) < 4.78 is 5.45. The number of piperazine rings is 1. The van der Waals surface area contributed by atoms with Crippen LogP contribution in [0.25, 0.3) is 0 Å². The smallest absolute Gasteiger partial charge is 0.236 e. The van der Waals surface area contributed by atoms with E-state index in [1.807, 2.05) is 0 Å². The van der Waals surface area contributed by atoms with Gasteiger partial charge in [0.1, 0.15) is 0 Å². The lowest BCUT2D eigenvalue weighted by Crippen LogP contribution is -2.54. The Morgan fingerprint density at radius 2 is 1.58 bits per heavy atom. The van der Waals surface area contributed by atoms with E-state index >= 15 is 0 Å². The SMILES string of the molecule is CC(C)N1CCN(C(=O)CN2CCC(N3CCOCC3)CC2)CC1. The molecule has 3 fully saturated rings. The molecule has 0 radical (unpaired) electrons. The van der Waals surface area contributed by atoms with Gasteiger partial charge in [-0.1, -0.05) is 0 Å². The Hall–Kier alpha value is -0.690. The fraction of sp³-hybridized carbons (Fsp3) is 0.944. The van der Waals surface area contributed by atoms with Crippen LogP contribution < -0.4 is 0 Å². The number of rotatable bonds is 4. The van der Waals surface area contributed by atoms with Crippen molar-refractivity contribution in [2.75, 3.05) is 72.1 Å². The second-order valence-electron chi connectivity index (χ2n) is 7.67. The van der Waals surface area contributed by atoms with Crippen molar-refractivity contribution >= 4 is 5.91 Å². The van der Waals surface area contributed by atoms with Gasteiger partial charge in [-0.25, -0.2) is 0 Å². The predicted octanol–water partition coefficient (Wildman–Crippen LogP) is 0.336. The Kier molecular flexibility index (Phi) is 6.49. The van der Waals surface area contributed by atoms with Gasteiger partial charge in [0.2, 0.25) is 5.91 Å². The number of ether oxygens (including phenoxy) is 1. The number of hydrogen-bond donors (Lipinski definition) is 0. The van der Waals surface area contributed by atoms with Gasteiger partial charge in [0, 0.05) is 64.4 Å². The molecule has 0 aromatic carbocycles. The van der Waals surface area contributed by atoms with Gasteiger partial charge in [-0.3, -0.25) is 19.5 Å². The van der Waals surface area contributed by atoms with Crippen LogP contribution in [0.5, 0.6) is 0 Å². The highest BCUT2D eigenvalue weighted by molar-refractivity contribution is 5.78. The standard InChI is InChI=1S/C18H34N4O2/c1-16(2)20-7-9-22(10-8-20)18(23)15-19-5-3-17(4-6-19)21-11-13-24-14-12-21/h16-17H,3-15H2,1-2H3. The molecule has 0 N–H and O–H groups in total. The van der Waals surface area contributed by atoms with E-state index in [0.717, 1.165) is 65.6 Å². The van der Waals surface area contributed by atoms with E-state index in [0.29, 0.717) is 24.5 Å². The van der Waals surface area contributed by atoms with Crippen LogP contribution in [0.2, 0.25) is 0 Å². The lowest BCUT2D eigenvalue weighted by Gasteiger charge is -2.41. The van der Waals surface area contributed by atoms with Gasteiger partial charge < -0.3 is 9.64 Å². The minimum absolute atomic E-state index is 0.322. The van der Waals surface area contributed by atoms with E-state index in [4.69, 9.17) is 4.74 Å². The van der Waals surface area contributed by atoms with E-state index in [2.05, 4.69) is 33.4 Å². The number of carbonyl (C=O) groups is 1. The highest BCUT2D eigenvalue weighted by Gasteiger charge is 2.28. The lowest BCUT2D eigenvalue weighted by molar-refractivity contribution is -0.134. The van der Waals surface area contributed by atoms with Gasteiger partial charge >= 0.3 is 0 Å². The average Bonchev–Trinajstić information content (AvgIpc) is 2.63. The Bertz CT molecular complexity index is 396. The van der Waals surface area contributed by atoms with Crippen LogP contribution in [0.3, 0.4) is 0 Å². The summed E-state index contributed by atoms with van der Waals surface area (Å²) in [4.78, 5) is 22.0. The molecular formula is C18H34N4O2. The molecule has 6 heteroatoms. The van der Waals surface area contributed by atoms with E-state index in [-0.39, 0.29) is 0 Å². The molecule has 0 bridgehead atoms. The highest BCUT2D eigenvalue weighted by Crippen LogP contribution is 2.18. The Balaban J connectivity index is 1.37. The number of amides is 1. The van der Waals surface area contributed by atoms with Crippen LogP contribution in [0.4, 0.5) is 0 Å². The van der Waals surface area contributed by atoms with Crippen molar-refractivity contribution in [1.82, 2.24) is 19.6 Å². The van der Waals surface area contributed by atoms with E-state index in [9.17, 15) is 4.79 Å². The molecule has 6 nitrogen and oxygen atoms in total. The molecule has 3 heterocycles. The fourth-order valence-corrected chi connectivity index (χ4v) is 4.16. The molecule has 3 saturated heterocycles. The van der Waals surface area contributed by atoms with Crippen molar-refractivity contribution in [2.45, 2.75) is 38.8 Å². The third kappa shape index (κ3) is 4.69. The molecule has 0 aromatic heterocycles. The van der Waals surface area contributed by atoms with Crippen LogP contribution in [0.15, 0.2) is 0 Å². The van der Waals surface area contributed by atoms with Crippen LogP contribution in [0, 0.1) is 0 Å². The topological polar surface area (TPSA) is 39.3 Å². The molecule has 3 aliphatic rings. The quantitative estimate of drug-likeness (QED) is 0.739. The fourth-order valence-electron chi connectivity index (χ4n) is 4.16. The number of morpholine rings is 1. The van der Waals surface area contributed by atoms with Crippen molar-refractivity contribution in [2.24, 2.45) is 0 Å². The molecule has 0 aromatic rings. The summed E-state index contributed by atoms with van der Waals surface area (Å²) in [5.41, 5.74) is 0. The highest BCUT2D eigenvalue weighted by atomic mass is 16.5. The summed E-state index contributed by atoms with van der Waals surface area (Å²) in [7, 11) is 0. The molecule has 0 saturated carbocycles. The third-order valence-electron chi connectivity index (χ3n) is 5.88. The minimum Gasteiger partial charge on any atom is -0.379 e. The molecule has 0 spiro atoms. The summed E-state index contributed by atoms with van der Waals surface area (Å²) >= 11 is 0. The van der Waals surface area contributed by atoms with Gasteiger partial charge in [0.25, 0.3) is 0 Å². The molecule has 24 heavy (non-hydrogen) atoms. The number of likely N-dealkylation sites (tertiary alicyclic amines) is 1. The van der Waals surface area contributed by atoms with Crippen LogP contribution in [-0.4, -0.2) is 110 Å². The summed E-state index contributed by atoms with van der Waals surface area (Å²) in [5.74, 6) is 0.322. The van der Waals surface area contributed by atoms with Crippen LogP contribution >= 0.6 is 0 Å². The second kappa shape index (κ2) is 8.61. The zero-order valence-electron chi connectivity index (χ0n) is 15.5. The molecule has 3 rings (SSSR count). The summed E-state index contributed by atoms with van der Waals surface area (Å²) in [6.45, 7) is 14.9. The number of hydrogen-bond acceptors (Lipinski definition) is 5. The van der Waals surface area contributed by atoms with E-state index in [1.54, 1.807) is 0 Å². The zero-order valence-corrected chi connectivity index (χ0v) is 15.5. The van der Waals surface area contributed by atoms with Crippen molar-refractivity contribution in [3.8, 4) is 0 Å². The van der Waals surface area contributed by atoms with Crippen molar-refractivity contribution in [3.05, 3.63) is 0 Å². The number of piperidine rings is 1. The monoisotopic (exact) mass is 338 g/mol. The first-order valence-corrected chi connectivity index (χ1v) is 9.69. The van der Waals surface area contributed by atoms with Crippen LogP contribution in [-0.2, 0) is 9.53 Å². The summed E-state index contributed by atoms with van der Waals surface area (Å²) in [6, 6.07) is 1.27. The Morgan fingerprint density at radius 1 is 0.958 bits per heavy atom. The normalized spacial score (nSPS) is 26.2. The van der Waals surface area contributed by atoms with Crippen molar-refractivity contribution in [1.29, 1.82) is 0 Å². The molecule has 138 valence electrons. The Morgan fingerprint density at radius 3 is 2.17 bits per heavy atom. The predicted molar refractivity (Wildman–Crippen MR) is 95.1 cm³/mol. The first-order valence-electron chi connectivity index (χ1n) is 9.69. The molecule has 0 atom stereocenters. The summed E-state index contributed by atoms with van der Waals surface area (Å²) in [6.07, 6.45) is 2.38. The van der Waals surface area contributed by atoms with Crippen LogP contribution in [0.1, 0.15) is 26.7 Å². The number of nitrogens with zero attached hydrogens (tertiary/aromatic N) is 4. The van der Waals surface area contributed by atoms with Gasteiger partial charge in [-0.05, 0) is 26.7 Å². The molecular weight excluding hydrogens is 304 g/mol. The van der Waals surface area contributed by atoms with Gasteiger partial charge in [0.05, 0.1) is 19.8 Å². The molecule has 3 aliphatic heterocycles. The van der Waals surface area contributed by atoms with E-state index < -0.39 is 0 Å². The van der Waals surface area contributed by atoms with Gasteiger partial charge in [0.15, 0.2) is 0 Å². The first-order chi connectivity index (χ1) is 11.6. The zero-order chi connectivity index (χ0) is 16.9. The van der Waals surface area contributed by atoms with E-state index in [1.165, 1.54) is 12.8 Å². The average molecular weight is 338 g/mol. The third-order valence-corrected chi connectivity index (χ3v) is 5.88. The minimum atomic E-state index is 0.322. The number of carbonyl (C=O) groups excluding carboxylic acids is 1. The van der Waals surface area contributed by atoms with Crippen molar-refractivity contribution < 1.29 is 9.53 Å². The second-order valence-corrected chi connectivity index (χ2v) is 7.67. The largest absolute Gasteiger partial charge is 0.379 e. The van der Waals surface area contributed by atoms with Gasteiger partial charge in [-0.15, -0.1) is 0 Å². The van der Waals surface area contributed by atoms with Crippen molar-refractivity contribution in [3.63, 3.8) is 0 Å². The van der Waals surface area contributed by atoms with Gasteiger partial charge in [-0.2, -0.15) is 0 Å². The first kappa shape index (κ1) is 18.1. The maximum atomic E-state index is 12.6. The Labute approximate surface area is 146 Å². The maximum absolute atomic E-state index is 12.6. The summed E-state index contributed by atoms with van der Waals surface area (Å²) in [5, 5.41) is 0. The molecule has 0 unspecified atom stereocenters. The maximum Gasteiger partial charge on any atom is 0.236 e. The molecule has 0 aliphatic carbocycles. The molecule has 1 amide bonds. The lowest BCUT2D eigenvalue weighted by atomic mass is 10.0.